The third-order valence-electron chi connectivity index (χ3n) is 5.75. The molecule has 0 aliphatic carbocycles. The van der Waals surface area contributed by atoms with Gasteiger partial charge >= 0.3 is 0 Å². The maximum absolute atomic E-state index is 13.6. The molecule has 0 radical (unpaired) electrons. The van der Waals surface area contributed by atoms with E-state index in [0.29, 0.717) is 48.2 Å². The van der Waals surface area contributed by atoms with Crippen molar-refractivity contribution in [3.63, 3.8) is 0 Å². The molecule has 1 fully saturated rings. The van der Waals surface area contributed by atoms with Gasteiger partial charge in [-0.3, -0.25) is 4.79 Å². The van der Waals surface area contributed by atoms with Gasteiger partial charge in [-0.15, -0.1) is 0 Å². The average Bonchev–Trinajstić information content (AvgIpc) is 3.27. The lowest BCUT2D eigenvalue weighted by atomic mass is 10.1. The number of benzene rings is 2. The van der Waals surface area contributed by atoms with Crippen LogP contribution in [0.1, 0.15) is 16.2 Å². The van der Waals surface area contributed by atoms with Gasteiger partial charge in [0.2, 0.25) is 0 Å². The Hall–Kier alpha value is -3.56. The minimum atomic E-state index is -0.422. The molecule has 3 heterocycles. The first-order valence-corrected chi connectivity index (χ1v) is 11.2. The molecule has 0 saturated carbocycles. The second-order valence-corrected chi connectivity index (χ2v) is 8.34. The van der Waals surface area contributed by atoms with Crippen molar-refractivity contribution in [3.05, 3.63) is 77.0 Å². The Morgan fingerprint density at radius 2 is 1.88 bits per heavy atom. The van der Waals surface area contributed by atoms with Gasteiger partial charge in [-0.1, -0.05) is 29.8 Å². The van der Waals surface area contributed by atoms with Crippen LogP contribution in [0.2, 0.25) is 5.02 Å². The van der Waals surface area contributed by atoms with Crippen LogP contribution in [-0.4, -0.2) is 63.8 Å². The Bertz CT molecular complexity index is 1350. The van der Waals surface area contributed by atoms with Crippen molar-refractivity contribution in [1.29, 1.82) is 0 Å². The number of carbonyl (C=O) groups is 1. The second-order valence-electron chi connectivity index (χ2n) is 7.93. The first kappa shape index (κ1) is 22.2. The van der Waals surface area contributed by atoms with Crippen LogP contribution in [0.25, 0.3) is 16.7 Å². The maximum atomic E-state index is 13.6. The standard InChI is InChI=1S/C24H22ClFN6O2/c1-34-15-21-28-22(18-14-27-32(23(18)29-21)20-8-3-2-7-19(20)25)30-9-11-31(12-10-30)24(33)16-5-4-6-17(26)13-16/h2-8,13-14H,9-12,15H2,1H3. The minimum absolute atomic E-state index is 0.182. The van der Waals surface area contributed by atoms with E-state index in [1.54, 1.807) is 41.1 Å². The maximum Gasteiger partial charge on any atom is 0.254 e. The molecule has 174 valence electrons. The summed E-state index contributed by atoms with van der Waals surface area (Å²) >= 11 is 6.41. The van der Waals surface area contributed by atoms with Crippen molar-refractivity contribution < 1.29 is 13.9 Å². The number of halogens is 2. The van der Waals surface area contributed by atoms with E-state index < -0.39 is 5.82 Å². The van der Waals surface area contributed by atoms with Gasteiger partial charge in [0, 0.05) is 38.9 Å². The molecule has 0 atom stereocenters. The van der Waals surface area contributed by atoms with Gasteiger partial charge in [0.05, 0.1) is 22.3 Å². The predicted octanol–water partition coefficient (Wildman–Crippen LogP) is 3.72. The van der Waals surface area contributed by atoms with E-state index in [2.05, 4.69) is 15.0 Å². The molecule has 0 unspecified atom stereocenters. The van der Waals surface area contributed by atoms with Crippen molar-refractivity contribution >= 4 is 34.4 Å². The molecule has 5 rings (SSSR count). The van der Waals surface area contributed by atoms with E-state index in [1.807, 2.05) is 18.2 Å². The van der Waals surface area contributed by atoms with Crippen molar-refractivity contribution in [3.8, 4) is 5.69 Å². The zero-order valence-corrected chi connectivity index (χ0v) is 19.2. The lowest BCUT2D eigenvalue weighted by Crippen LogP contribution is -2.49. The molecule has 1 aliphatic rings. The van der Waals surface area contributed by atoms with E-state index in [1.165, 1.54) is 12.1 Å². The SMILES string of the molecule is COCc1nc(N2CCN(C(=O)c3cccc(F)c3)CC2)c2cnn(-c3ccccc3Cl)c2n1. The zero-order chi connectivity index (χ0) is 23.7. The molecule has 0 N–H and O–H groups in total. The Kier molecular flexibility index (Phi) is 6.12. The summed E-state index contributed by atoms with van der Waals surface area (Å²) in [5.41, 5.74) is 1.70. The molecule has 0 spiro atoms. The molecule has 10 heteroatoms. The number of nitrogens with zero attached hydrogens (tertiary/aromatic N) is 6. The van der Waals surface area contributed by atoms with Crippen LogP contribution < -0.4 is 4.90 Å². The summed E-state index contributed by atoms with van der Waals surface area (Å²) < 4.78 is 20.5. The highest BCUT2D eigenvalue weighted by atomic mass is 35.5. The average molecular weight is 481 g/mol. The molecule has 1 amide bonds. The number of aromatic nitrogens is 4. The van der Waals surface area contributed by atoms with E-state index in [0.717, 1.165) is 16.9 Å². The van der Waals surface area contributed by atoms with E-state index in [4.69, 9.17) is 21.3 Å². The molecule has 0 bridgehead atoms. The number of ether oxygens (including phenoxy) is 1. The Balaban J connectivity index is 1.45. The summed E-state index contributed by atoms with van der Waals surface area (Å²) in [5.74, 6) is 0.651. The van der Waals surface area contributed by atoms with Crippen molar-refractivity contribution in [2.24, 2.45) is 0 Å². The van der Waals surface area contributed by atoms with Gasteiger partial charge in [-0.25, -0.2) is 19.0 Å². The number of piperazine rings is 1. The van der Waals surface area contributed by atoms with Crippen LogP contribution >= 0.6 is 11.6 Å². The van der Waals surface area contributed by atoms with Crippen LogP contribution in [0, 0.1) is 5.82 Å². The normalized spacial score (nSPS) is 14.1. The van der Waals surface area contributed by atoms with Crippen LogP contribution in [0.5, 0.6) is 0 Å². The highest BCUT2D eigenvalue weighted by Crippen LogP contribution is 2.29. The van der Waals surface area contributed by atoms with Crippen LogP contribution in [0.15, 0.2) is 54.7 Å². The summed E-state index contributed by atoms with van der Waals surface area (Å²) in [6.45, 7) is 2.35. The fourth-order valence-electron chi connectivity index (χ4n) is 4.10. The third kappa shape index (κ3) is 4.20. The summed E-state index contributed by atoms with van der Waals surface area (Å²) in [6, 6.07) is 13.2. The molecule has 8 nitrogen and oxygen atoms in total. The third-order valence-corrected chi connectivity index (χ3v) is 6.07. The highest BCUT2D eigenvalue weighted by Gasteiger charge is 2.26. The van der Waals surface area contributed by atoms with Gasteiger partial charge in [-0.05, 0) is 30.3 Å². The molecular formula is C24H22ClFN6O2. The lowest BCUT2D eigenvalue weighted by molar-refractivity contribution is 0.0746. The number of hydrogen-bond donors (Lipinski definition) is 0. The number of amides is 1. The Morgan fingerprint density at radius 1 is 1.09 bits per heavy atom. The largest absolute Gasteiger partial charge is 0.377 e. The van der Waals surface area contributed by atoms with Crippen LogP contribution in [0.4, 0.5) is 10.2 Å². The first-order chi connectivity index (χ1) is 16.5. The summed E-state index contributed by atoms with van der Waals surface area (Å²) in [6.07, 6.45) is 1.73. The van der Waals surface area contributed by atoms with Gasteiger partial charge < -0.3 is 14.5 Å². The second kappa shape index (κ2) is 9.36. The van der Waals surface area contributed by atoms with Gasteiger partial charge in [0.25, 0.3) is 5.91 Å². The predicted molar refractivity (Wildman–Crippen MR) is 127 cm³/mol. The topological polar surface area (TPSA) is 76.4 Å². The first-order valence-electron chi connectivity index (χ1n) is 10.8. The van der Waals surface area contributed by atoms with E-state index in [9.17, 15) is 9.18 Å². The molecule has 4 aromatic rings. The Morgan fingerprint density at radius 3 is 2.62 bits per heavy atom. The number of hydrogen-bond acceptors (Lipinski definition) is 6. The zero-order valence-electron chi connectivity index (χ0n) is 18.5. The smallest absolute Gasteiger partial charge is 0.254 e. The monoisotopic (exact) mass is 480 g/mol. The van der Waals surface area contributed by atoms with Crippen LogP contribution in [0.3, 0.4) is 0 Å². The fraction of sp³-hybridized carbons (Fsp3) is 0.250. The van der Waals surface area contributed by atoms with Gasteiger partial charge in [0.15, 0.2) is 11.5 Å². The van der Waals surface area contributed by atoms with E-state index >= 15 is 0 Å². The minimum Gasteiger partial charge on any atom is -0.377 e. The Labute approximate surface area is 200 Å². The number of fused-ring (bicyclic) bond motifs is 1. The quantitative estimate of drug-likeness (QED) is 0.433. The fourth-order valence-corrected chi connectivity index (χ4v) is 4.31. The van der Waals surface area contributed by atoms with Crippen molar-refractivity contribution in [1.82, 2.24) is 24.6 Å². The molecule has 2 aromatic heterocycles. The molecular weight excluding hydrogens is 459 g/mol. The number of para-hydroxylation sites is 1. The number of rotatable bonds is 5. The van der Waals surface area contributed by atoms with E-state index in [-0.39, 0.29) is 12.5 Å². The highest BCUT2D eigenvalue weighted by molar-refractivity contribution is 6.32. The molecule has 1 saturated heterocycles. The molecule has 1 aliphatic heterocycles. The summed E-state index contributed by atoms with van der Waals surface area (Å²) in [4.78, 5) is 26.1. The molecule has 34 heavy (non-hydrogen) atoms. The number of methoxy groups -OCH3 is 1. The number of anilines is 1. The summed E-state index contributed by atoms with van der Waals surface area (Å²) in [7, 11) is 1.59. The van der Waals surface area contributed by atoms with Crippen LogP contribution in [-0.2, 0) is 11.3 Å². The number of carbonyl (C=O) groups excluding carboxylic acids is 1. The lowest BCUT2D eigenvalue weighted by Gasteiger charge is -2.35. The van der Waals surface area contributed by atoms with Gasteiger partial charge in [0.1, 0.15) is 18.2 Å². The summed E-state index contributed by atoms with van der Waals surface area (Å²) in [5, 5.41) is 5.88. The van der Waals surface area contributed by atoms with Crippen molar-refractivity contribution in [2.45, 2.75) is 6.61 Å². The molecule has 2 aromatic carbocycles. The van der Waals surface area contributed by atoms with Gasteiger partial charge in [-0.2, -0.15) is 5.10 Å². The van der Waals surface area contributed by atoms with Crippen molar-refractivity contribution in [2.75, 3.05) is 38.2 Å².